The minimum absolute atomic E-state index is 0.0426. The third kappa shape index (κ3) is 3.60. The summed E-state index contributed by atoms with van der Waals surface area (Å²) in [4.78, 5) is 14.1. The summed E-state index contributed by atoms with van der Waals surface area (Å²) in [5.41, 5.74) is 3.01. The lowest BCUT2D eigenvalue weighted by atomic mass is 10.2. The molecule has 0 spiro atoms. The Morgan fingerprint density at radius 2 is 2.06 bits per heavy atom. The lowest BCUT2D eigenvalue weighted by Crippen LogP contribution is -2.25. The van der Waals surface area contributed by atoms with E-state index in [1.54, 1.807) is 0 Å². The largest absolute Gasteiger partial charge is 0.352 e. The van der Waals surface area contributed by atoms with E-state index < -0.39 is 0 Å². The molecule has 18 heavy (non-hydrogen) atoms. The van der Waals surface area contributed by atoms with Crippen LogP contribution in [0.1, 0.15) is 35.1 Å². The van der Waals surface area contributed by atoms with Gasteiger partial charge in [0.1, 0.15) is 0 Å². The van der Waals surface area contributed by atoms with Crippen molar-refractivity contribution in [3.05, 3.63) is 23.0 Å². The van der Waals surface area contributed by atoms with Gasteiger partial charge < -0.3 is 14.8 Å². The summed E-state index contributed by atoms with van der Waals surface area (Å²) in [5.74, 6) is 0.0426. The molecule has 0 unspecified atom stereocenters. The van der Waals surface area contributed by atoms with Gasteiger partial charge in [-0.05, 0) is 40.4 Å². The lowest BCUT2D eigenvalue weighted by Gasteiger charge is -2.14. The molecular weight excluding hydrogens is 226 g/mol. The summed E-state index contributed by atoms with van der Waals surface area (Å²) in [5, 5.41) is 2.93. The maximum Gasteiger partial charge on any atom is 0.253 e. The van der Waals surface area contributed by atoms with Crippen LogP contribution in [0.3, 0.4) is 0 Å². The summed E-state index contributed by atoms with van der Waals surface area (Å²) in [6, 6.07) is 1.98. The van der Waals surface area contributed by atoms with Gasteiger partial charge in [-0.1, -0.05) is 6.92 Å². The van der Waals surface area contributed by atoms with Gasteiger partial charge in [-0.25, -0.2) is 0 Å². The van der Waals surface area contributed by atoms with E-state index in [0.29, 0.717) is 0 Å². The molecule has 1 aromatic heterocycles. The van der Waals surface area contributed by atoms with Crippen LogP contribution in [-0.2, 0) is 6.54 Å². The van der Waals surface area contributed by atoms with E-state index >= 15 is 0 Å². The number of aryl methyl sites for hydroxylation is 1. The Morgan fingerprint density at radius 1 is 1.39 bits per heavy atom. The van der Waals surface area contributed by atoms with Crippen molar-refractivity contribution in [3.63, 3.8) is 0 Å². The molecule has 0 aliphatic heterocycles. The van der Waals surface area contributed by atoms with Gasteiger partial charge in [-0.3, -0.25) is 4.79 Å². The van der Waals surface area contributed by atoms with Gasteiger partial charge in [0.2, 0.25) is 0 Å². The van der Waals surface area contributed by atoms with Crippen molar-refractivity contribution < 1.29 is 4.79 Å². The van der Waals surface area contributed by atoms with Crippen molar-refractivity contribution in [2.75, 3.05) is 27.2 Å². The molecule has 0 aromatic carbocycles. The highest BCUT2D eigenvalue weighted by molar-refractivity contribution is 5.95. The monoisotopic (exact) mass is 251 g/mol. The van der Waals surface area contributed by atoms with Crippen LogP contribution in [-0.4, -0.2) is 42.6 Å². The first-order valence-corrected chi connectivity index (χ1v) is 6.57. The molecule has 0 saturated heterocycles. The molecule has 0 saturated carbocycles. The highest BCUT2D eigenvalue weighted by Crippen LogP contribution is 2.15. The van der Waals surface area contributed by atoms with E-state index in [1.807, 2.05) is 13.0 Å². The van der Waals surface area contributed by atoms with Crippen molar-refractivity contribution in [1.29, 1.82) is 0 Å². The van der Waals surface area contributed by atoms with Crippen LogP contribution in [0.15, 0.2) is 6.07 Å². The molecule has 1 heterocycles. The number of nitrogens with one attached hydrogen (secondary N) is 1. The van der Waals surface area contributed by atoms with E-state index in [4.69, 9.17) is 0 Å². The Bertz CT molecular complexity index is 407. The Morgan fingerprint density at radius 3 is 2.61 bits per heavy atom. The molecular formula is C14H25N3O. The van der Waals surface area contributed by atoms with Crippen LogP contribution < -0.4 is 5.32 Å². The number of carbonyl (C=O) groups is 1. The topological polar surface area (TPSA) is 37.3 Å². The lowest BCUT2D eigenvalue weighted by molar-refractivity contribution is 0.0953. The van der Waals surface area contributed by atoms with Gasteiger partial charge in [0.05, 0.1) is 5.56 Å². The second-order valence-electron chi connectivity index (χ2n) is 5.00. The third-order valence-electron chi connectivity index (χ3n) is 3.12. The van der Waals surface area contributed by atoms with Crippen molar-refractivity contribution in [3.8, 4) is 0 Å². The third-order valence-corrected chi connectivity index (χ3v) is 3.12. The Balaban J connectivity index is 2.82. The van der Waals surface area contributed by atoms with Gasteiger partial charge >= 0.3 is 0 Å². The van der Waals surface area contributed by atoms with Crippen LogP contribution in [0.5, 0.6) is 0 Å². The normalized spacial score (nSPS) is 11.0. The summed E-state index contributed by atoms with van der Waals surface area (Å²) in [6.07, 6.45) is 0.963. The average molecular weight is 251 g/mol. The fourth-order valence-electron chi connectivity index (χ4n) is 2.01. The first-order valence-electron chi connectivity index (χ1n) is 6.57. The number of amides is 1. The first-order chi connectivity index (χ1) is 8.47. The maximum absolute atomic E-state index is 12.0. The molecule has 4 heteroatoms. The number of carbonyl (C=O) groups excluding carboxylic acids is 1. The fraction of sp³-hybridized carbons (Fsp3) is 0.643. The van der Waals surface area contributed by atoms with Gasteiger partial charge in [-0.2, -0.15) is 0 Å². The van der Waals surface area contributed by atoms with Crippen LogP contribution in [0.2, 0.25) is 0 Å². The second-order valence-corrected chi connectivity index (χ2v) is 5.00. The van der Waals surface area contributed by atoms with E-state index in [1.165, 1.54) is 0 Å². The molecule has 102 valence electrons. The Hall–Kier alpha value is -1.29. The summed E-state index contributed by atoms with van der Waals surface area (Å²) in [6.45, 7) is 8.77. The average Bonchev–Trinajstić information content (AvgIpc) is 2.59. The Labute approximate surface area is 110 Å². The van der Waals surface area contributed by atoms with Gasteiger partial charge in [0.25, 0.3) is 5.91 Å². The molecule has 0 aliphatic carbocycles. The molecule has 0 atom stereocenters. The van der Waals surface area contributed by atoms with Gasteiger partial charge in [0, 0.05) is 31.0 Å². The molecule has 0 radical (unpaired) electrons. The second kappa shape index (κ2) is 6.59. The quantitative estimate of drug-likeness (QED) is 0.837. The molecule has 0 aliphatic rings. The van der Waals surface area contributed by atoms with Crippen molar-refractivity contribution in [1.82, 2.24) is 14.8 Å². The number of nitrogens with zero attached hydrogens (tertiary/aromatic N) is 2. The minimum Gasteiger partial charge on any atom is -0.352 e. The van der Waals surface area contributed by atoms with E-state index in [2.05, 4.69) is 42.7 Å². The number of aromatic nitrogens is 1. The molecule has 4 nitrogen and oxygen atoms in total. The SMILES string of the molecule is CCCNC(=O)c1cc(C)n(CCN(C)C)c1C. The maximum atomic E-state index is 12.0. The number of rotatable bonds is 6. The van der Waals surface area contributed by atoms with Crippen LogP contribution in [0, 0.1) is 13.8 Å². The molecule has 1 rings (SSSR count). The number of hydrogen-bond donors (Lipinski definition) is 1. The van der Waals surface area contributed by atoms with Crippen LogP contribution in [0.25, 0.3) is 0 Å². The van der Waals surface area contributed by atoms with E-state index in [-0.39, 0.29) is 5.91 Å². The molecule has 1 aromatic rings. The van der Waals surface area contributed by atoms with Crippen molar-refractivity contribution >= 4 is 5.91 Å². The van der Waals surface area contributed by atoms with E-state index in [9.17, 15) is 4.79 Å². The standard InChI is InChI=1S/C14H25N3O/c1-6-7-15-14(18)13-10-11(2)17(12(13)3)9-8-16(4)5/h10H,6-9H2,1-5H3,(H,15,18). The Kier molecular flexibility index (Phi) is 5.41. The predicted octanol–water partition coefficient (Wildman–Crippen LogP) is 1.81. The zero-order valence-electron chi connectivity index (χ0n) is 12.2. The fourth-order valence-corrected chi connectivity index (χ4v) is 2.01. The number of hydrogen-bond acceptors (Lipinski definition) is 2. The molecule has 0 fully saturated rings. The highest BCUT2D eigenvalue weighted by atomic mass is 16.1. The van der Waals surface area contributed by atoms with Crippen LogP contribution >= 0.6 is 0 Å². The smallest absolute Gasteiger partial charge is 0.253 e. The summed E-state index contributed by atoms with van der Waals surface area (Å²) in [7, 11) is 4.12. The van der Waals surface area contributed by atoms with E-state index in [0.717, 1.165) is 43.0 Å². The zero-order chi connectivity index (χ0) is 13.7. The molecule has 0 bridgehead atoms. The summed E-state index contributed by atoms with van der Waals surface area (Å²) < 4.78 is 2.21. The summed E-state index contributed by atoms with van der Waals surface area (Å²) >= 11 is 0. The minimum atomic E-state index is 0.0426. The predicted molar refractivity (Wildman–Crippen MR) is 75.1 cm³/mol. The molecule has 1 N–H and O–H groups in total. The number of likely N-dealkylation sites (N-methyl/N-ethyl adjacent to an activating group) is 1. The highest BCUT2D eigenvalue weighted by Gasteiger charge is 2.14. The molecule has 1 amide bonds. The first kappa shape index (κ1) is 14.8. The van der Waals surface area contributed by atoms with Crippen molar-refractivity contribution in [2.45, 2.75) is 33.7 Å². The zero-order valence-corrected chi connectivity index (χ0v) is 12.2. The van der Waals surface area contributed by atoms with Gasteiger partial charge in [-0.15, -0.1) is 0 Å². The van der Waals surface area contributed by atoms with Crippen LogP contribution in [0.4, 0.5) is 0 Å². The van der Waals surface area contributed by atoms with Crippen molar-refractivity contribution in [2.24, 2.45) is 0 Å². The van der Waals surface area contributed by atoms with Gasteiger partial charge in [0.15, 0.2) is 0 Å².